The van der Waals surface area contributed by atoms with Gasteiger partial charge in [-0.05, 0) is 24.6 Å². The van der Waals surface area contributed by atoms with E-state index in [-0.39, 0.29) is 12.3 Å². The zero-order valence-corrected chi connectivity index (χ0v) is 14.5. The highest BCUT2D eigenvalue weighted by Gasteiger charge is 2.13. The van der Waals surface area contributed by atoms with Crippen LogP contribution in [0.2, 0.25) is 0 Å². The van der Waals surface area contributed by atoms with Crippen molar-refractivity contribution in [2.45, 2.75) is 19.1 Å². The average Bonchev–Trinajstić information content (AvgIpc) is 3.06. The molecule has 3 aromatic rings. The van der Waals surface area contributed by atoms with Gasteiger partial charge in [0.15, 0.2) is 0 Å². The fourth-order valence-electron chi connectivity index (χ4n) is 2.23. The summed E-state index contributed by atoms with van der Waals surface area (Å²) in [5.41, 5.74) is 2.56. The summed E-state index contributed by atoms with van der Waals surface area (Å²) in [6.45, 7) is 2.16. The molecule has 0 bridgehead atoms. The molecule has 25 heavy (non-hydrogen) atoms. The first-order valence-corrected chi connectivity index (χ1v) is 9.43. The van der Waals surface area contributed by atoms with E-state index in [0.29, 0.717) is 18.2 Å². The molecule has 0 radical (unpaired) electrons. The first kappa shape index (κ1) is 17.2. The Balaban J connectivity index is 1.54. The molecule has 7 nitrogen and oxygen atoms in total. The molecule has 2 aromatic heterocycles. The Morgan fingerprint density at radius 3 is 2.64 bits per heavy atom. The fraction of sp³-hybridized carbons (Fsp3) is 0.235. The van der Waals surface area contributed by atoms with Crippen LogP contribution in [0.25, 0.3) is 11.5 Å². The van der Waals surface area contributed by atoms with Crippen LogP contribution in [-0.4, -0.2) is 30.1 Å². The fourth-order valence-corrected chi connectivity index (χ4v) is 3.38. The second-order valence-electron chi connectivity index (χ2n) is 5.63. The normalized spacial score (nSPS) is 11.6. The van der Waals surface area contributed by atoms with Gasteiger partial charge in [0.1, 0.15) is 0 Å². The van der Waals surface area contributed by atoms with Crippen LogP contribution in [0.4, 0.5) is 0 Å². The maximum Gasteiger partial charge on any atom is 0.249 e. The maximum atomic E-state index is 12.1. The predicted octanol–water partition coefficient (Wildman–Crippen LogP) is 2.10. The summed E-state index contributed by atoms with van der Waals surface area (Å²) in [6, 6.07) is 11.0. The number of hydrogen-bond acceptors (Lipinski definition) is 6. The molecule has 0 atom stereocenters. The van der Waals surface area contributed by atoms with Crippen molar-refractivity contribution >= 4 is 10.0 Å². The number of rotatable bonds is 7. The Morgan fingerprint density at radius 1 is 1.12 bits per heavy atom. The van der Waals surface area contributed by atoms with Crippen molar-refractivity contribution in [3.05, 3.63) is 65.8 Å². The zero-order valence-electron chi connectivity index (χ0n) is 13.7. The number of pyridine rings is 1. The van der Waals surface area contributed by atoms with Gasteiger partial charge in [0.05, 0.1) is 11.3 Å². The van der Waals surface area contributed by atoms with Gasteiger partial charge in [0.25, 0.3) is 0 Å². The van der Waals surface area contributed by atoms with Crippen molar-refractivity contribution in [2.24, 2.45) is 0 Å². The third-order valence-electron chi connectivity index (χ3n) is 3.51. The molecule has 0 aliphatic rings. The van der Waals surface area contributed by atoms with Gasteiger partial charge in [0, 0.05) is 25.4 Å². The summed E-state index contributed by atoms with van der Waals surface area (Å²) in [5, 5.41) is 7.87. The molecule has 8 heteroatoms. The smallest absolute Gasteiger partial charge is 0.249 e. The summed E-state index contributed by atoms with van der Waals surface area (Å²) in [4.78, 5) is 3.99. The van der Waals surface area contributed by atoms with Gasteiger partial charge in [-0.15, -0.1) is 10.2 Å². The third-order valence-corrected chi connectivity index (χ3v) is 4.87. The third kappa shape index (κ3) is 4.94. The standard InChI is InChI=1S/C17H18N4O3S/c1-13-4-6-14(7-5-13)12-25(22,23)19-10-8-16-20-21-17(24-16)15-3-2-9-18-11-15/h2-7,9,11,19H,8,10,12H2,1H3. The van der Waals surface area contributed by atoms with Gasteiger partial charge in [-0.1, -0.05) is 29.8 Å². The average molecular weight is 358 g/mol. The Labute approximate surface area is 146 Å². The second kappa shape index (κ2) is 7.54. The van der Waals surface area contributed by atoms with Gasteiger partial charge in [0.2, 0.25) is 21.8 Å². The Hall–Kier alpha value is -2.58. The molecule has 0 unspecified atom stereocenters. The Morgan fingerprint density at radius 2 is 1.92 bits per heavy atom. The largest absolute Gasteiger partial charge is 0.421 e. The lowest BCUT2D eigenvalue weighted by atomic mass is 10.2. The van der Waals surface area contributed by atoms with Gasteiger partial charge < -0.3 is 4.42 Å². The zero-order chi connectivity index (χ0) is 17.7. The van der Waals surface area contributed by atoms with Gasteiger partial charge in [-0.2, -0.15) is 0 Å². The van der Waals surface area contributed by atoms with Crippen molar-refractivity contribution in [3.8, 4) is 11.5 Å². The van der Waals surface area contributed by atoms with Crippen molar-refractivity contribution in [1.82, 2.24) is 19.9 Å². The molecule has 3 rings (SSSR count). The van der Waals surface area contributed by atoms with Gasteiger partial charge in [-0.25, -0.2) is 13.1 Å². The number of nitrogens with zero attached hydrogens (tertiary/aromatic N) is 3. The first-order chi connectivity index (χ1) is 12.0. The molecule has 0 amide bonds. The highest BCUT2D eigenvalue weighted by Crippen LogP contribution is 2.16. The van der Waals surface area contributed by atoms with E-state index in [2.05, 4.69) is 19.9 Å². The van der Waals surface area contributed by atoms with Crippen molar-refractivity contribution in [3.63, 3.8) is 0 Å². The van der Waals surface area contributed by atoms with E-state index < -0.39 is 10.0 Å². The molecule has 0 saturated carbocycles. The molecule has 0 aliphatic heterocycles. The Kier molecular flexibility index (Phi) is 5.20. The highest BCUT2D eigenvalue weighted by atomic mass is 32.2. The maximum absolute atomic E-state index is 12.1. The number of aromatic nitrogens is 3. The minimum absolute atomic E-state index is 0.0575. The monoisotopic (exact) mass is 358 g/mol. The Bertz CT molecular complexity index is 922. The van der Waals surface area contributed by atoms with Crippen LogP contribution in [0, 0.1) is 6.92 Å². The molecule has 0 spiro atoms. The predicted molar refractivity (Wildman–Crippen MR) is 93.0 cm³/mol. The van der Waals surface area contributed by atoms with Crippen LogP contribution >= 0.6 is 0 Å². The van der Waals surface area contributed by atoms with E-state index in [1.165, 1.54) is 0 Å². The van der Waals surface area contributed by atoms with Crippen LogP contribution in [0.15, 0.2) is 53.2 Å². The SMILES string of the molecule is Cc1ccc(CS(=O)(=O)NCCc2nnc(-c3cccnc3)o2)cc1. The van der Waals surface area contributed by atoms with Crippen LogP contribution < -0.4 is 4.72 Å². The first-order valence-electron chi connectivity index (χ1n) is 7.77. The van der Waals surface area contributed by atoms with E-state index in [1.807, 2.05) is 37.3 Å². The van der Waals surface area contributed by atoms with Crippen LogP contribution in [0.3, 0.4) is 0 Å². The van der Waals surface area contributed by atoms with Gasteiger partial charge >= 0.3 is 0 Å². The lowest BCUT2D eigenvalue weighted by molar-refractivity contribution is 0.501. The van der Waals surface area contributed by atoms with E-state index in [1.54, 1.807) is 18.5 Å². The number of benzene rings is 1. The molecule has 2 heterocycles. The van der Waals surface area contributed by atoms with Crippen LogP contribution in [0.1, 0.15) is 17.0 Å². The lowest BCUT2D eigenvalue weighted by Gasteiger charge is -2.06. The molecule has 0 fully saturated rings. The van der Waals surface area contributed by atoms with Crippen molar-refractivity contribution in [1.29, 1.82) is 0 Å². The van der Waals surface area contributed by atoms with Crippen molar-refractivity contribution < 1.29 is 12.8 Å². The molecular formula is C17H18N4O3S. The van der Waals surface area contributed by atoms with E-state index in [4.69, 9.17) is 4.42 Å². The lowest BCUT2D eigenvalue weighted by Crippen LogP contribution is -2.27. The minimum atomic E-state index is -3.41. The van der Waals surface area contributed by atoms with E-state index in [9.17, 15) is 8.42 Å². The molecular weight excluding hydrogens is 340 g/mol. The van der Waals surface area contributed by atoms with Crippen LogP contribution in [0.5, 0.6) is 0 Å². The number of hydrogen-bond donors (Lipinski definition) is 1. The van der Waals surface area contributed by atoms with Crippen molar-refractivity contribution in [2.75, 3.05) is 6.54 Å². The summed E-state index contributed by atoms with van der Waals surface area (Å²) >= 11 is 0. The number of nitrogens with one attached hydrogen (secondary N) is 1. The number of sulfonamides is 1. The second-order valence-corrected chi connectivity index (χ2v) is 7.44. The summed E-state index contributed by atoms with van der Waals surface area (Å²) in [6.07, 6.45) is 3.60. The van der Waals surface area contributed by atoms with Gasteiger partial charge in [-0.3, -0.25) is 4.98 Å². The summed E-state index contributed by atoms with van der Waals surface area (Å²) in [5.74, 6) is 0.681. The number of aryl methyl sites for hydroxylation is 1. The molecule has 0 aliphatic carbocycles. The van der Waals surface area contributed by atoms with E-state index in [0.717, 1.165) is 16.7 Å². The minimum Gasteiger partial charge on any atom is -0.421 e. The molecule has 0 saturated heterocycles. The summed E-state index contributed by atoms with van der Waals surface area (Å²) < 4.78 is 32.3. The molecule has 1 aromatic carbocycles. The molecule has 1 N–H and O–H groups in total. The topological polar surface area (TPSA) is 98.0 Å². The van der Waals surface area contributed by atoms with E-state index >= 15 is 0 Å². The molecule has 130 valence electrons. The quantitative estimate of drug-likeness (QED) is 0.694. The highest BCUT2D eigenvalue weighted by molar-refractivity contribution is 7.88. The van der Waals surface area contributed by atoms with Crippen LogP contribution in [-0.2, 0) is 22.2 Å². The summed E-state index contributed by atoms with van der Waals surface area (Å²) in [7, 11) is -3.41.